The molecule has 7 heteroatoms. The molecule has 0 aromatic heterocycles. The second-order valence-corrected chi connectivity index (χ2v) is 6.48. The Kier molecular flexibility index (Phi) is 5.17. The number of nitrogens with zero attached hydrogens (tertiary/aromatic N) is 1. The van der Waals surface area contributed by atoms with E-state index < -0.39 is 48.5 Å². The van der Waals surface area contributed by atoms with Gasteiger partial charge in [0, 0.05) is 12.5 Å². The number of esters is 1. The quantitative estimate of drug-likeness (QED) is 0.752. The zero-order valence-corrected chi connectivity index (χ0v) is 13.1. The first-order valence-corrected chi connectivity index (χ1v) is 6.90. The standard InChI is InChI=1S/C14H23F2NO4/c1-9(11(18)20-5)6-10-7-14(15,16)8-17(10)12(19)21-13(2,3)4/h9-10H,6-8H2,1-5H3. The molecule has 1 saturated heterocycles. The molecule has 1 fully saturated rings. The molecule has 0 radical (unpaired) electrons. The Morgan fingerprint density at radius 1 is 1.38 bits per heavy atom. The van der Waals surface area contributed by atoms with Crippen molar-refractivity contribution in [2.75, 3.05) is 13.7 Å². The van der Waals surface area contributed by atoms with Crippen LogP contribution in [0.25, 0.3) is 0 Å². The van der Waals surface area contributed by atoms with Gasteiger partial charge in [0.1, 0.15) is 5.60 Å². The Labute approximate surface area is 123 Å². The van der Waals surface area contributed by atoms with Crippen LogP contribution >= 0.6 is 0 Å². The number of ether oxygens (including phenoxy) is 2. The minimum Gasteiger partial charge on any atom is -0.469 e. The molecule has 0 aromatic carbocycles. The van der Waals surface area contributed by atoms with Gasteiger partial charge in [-0.05, 0) is 27.2 Å². The zero-order valence-electron chi connectivity index (χ0n) is 13.1. The summed E-state index contributed by atoms with van der Waals surface area (Å²) in [4.78, 5) is 24.5. The van der Waals surface area contributed by atoms with Gasteiger partial charge in [-0.2, -0.15) is 0 Å². The fourth-order valence-corrected chi connectivity index (χ4v) is 2.35. The summed E-state index contributed by atoms with van der Waals surface area (Å²) >= 11 is 0. The van der Waals surface area contributed by atoms with Gasteiger partial charge in [0.25, 0.3) is 5.92 Å². The van der Waals surface area contributed by atoms with Gasteiger partial charge in [-0.3, -0.25) is 9.69 Å². The highest BCUT2D eigenvalue weighted by molar-refractivity contribution is 5.72. The lowest BCUT2D eigenvalue weighted by Gasteiger charge is -2.28. The van der Waals surface area contributed by atoms with E-state index in [-0.39, 0.29) is 6.42 Å². The maximum absolute atomic E-state index is 13.6. The van der Waals surface area contributed by atoms with Crippen molar-refractivity contribution in [1.29, 1.82) is 0 Å². The summed E-state index contributed by atoms with van der Waals surface area (Å²) in [5, 5.41) is 0. The molecule has 2 unspecified atom stereocenters. The summed E-state index contributed by atoms with van der Waals surface area (Å²) < 4.78 is 37.0. The summed E-state index contributed by atoms with van der Waals surface area (Å²) in [5.74, 6) is -3.99. The number of hydrogen-bond donors (Lipinski definition) is 0. The van der Waals surface area contributed by atoms with E-state index in [0.717, 1.165) is 4.90 Å². The lowest BCUT2D eigenvalue weighted by Crippen LogP contribution is -2.41. The number of carbonyl (C=O) groups excluding carboxylic acids is 2. The largest absolute Gasteiger partial charge is 0.469 e. The molecule has 0 bridgehead atoms. The number of likely N-dealkylation sites (tertiary alicyclic amines) is 1. The Hall–Kier alpha value is -1.40. The van der Waals surface area contributed by atoms with Gasteiger partial charge >= 0.3 is 12.1 Å². The van der Waals surface area contributed by atoms with Crippen molar-refractivity contribution in [3.63, 3.8) is 0 Å². The first-order valence-electron chi connectivity index (χ1n) is 6.90. The Morgan fingerprint density at radius 2 is 1.95 bits per heavy atom. The van der Waals surface area contributed by atoms with Crippen LogP contribution in [0.4, 0.5) is 13.6 Å². The number of alkyl halides is 2. The average Bonchev–Trinajstić information content (AvgIpc) is 2.61. The van der Waals surface area contributed by atoms with Gasteiger partial charge in [0.05, 0.1) is 19.6 Å². The molecule has 0 N–H and O–H groups in total. The predicted octanol–water partition coefficient (Wildman–Crippen LogP) is 2.83. The lowest BCUT2D eigenvalue weighted by atomic mass is 9.99. The van der Waals surface area contributed by atoms with E-state index in [2.05, 4.69) is 4.74 Å². The molecular weight excluding hydrogens is 284 g/mol. The smallest absolute Gasteiger partial charge is 0.410 e. The Morgan fingerprint density at radius 3 is 2.43 bits per heavy atom. The highest BCUT2D eigenvalue weighted by Gasteiger charge is 2.48. The molecular formula is C14H23F2NO4. The maximum atomic E-state index is 13.6. The van der Waals surface area contributed by atoms with Crippen molar-refractivity contribution < 1.29 is 27.8 Å². The summed E-state index contributed by atoms with van der Waals surface area (Å²) in [6.07, 6.45) is -1.11. The minimum absolute atomic E-state index is 0.126. The van der Waals surface area contributed by atoms with E-state index in [9.17, 15) is 18.4 Å². The van der Waals surface area contributed by atoms with Crippen molar-refractivity contribution in [2.24, 2.45) is 5.92 Å². The van der Waals surface area contributed by atoms with Crippen molar-refractivity contribution in [1.82, 2.24) is 4.90 Å². The molecule has 0 spiro atoms. The molecule has 0 aliphatic carbocycles. The number of hydrogen-bond acceptors (Lipinski definition) is 4. The fourth-order valence-electron chi connectivity index (χ4n) is 2.35. The van der Waals surface area contributed by atoms with Crippen LogP contribution in [0, 0.1) is 5.92 Å². The third-order valence-electron chi connectivity index (χ3n) is 3.23. The van der Waals surface area contributed by atoms with Crippen LogP contribution in [0.3, 0.4) is 0 Å². The van der Waals surface area contributed by atoms with E-state index in [1.54, 1.807) is 27.7 Å². The highest BCUT2D eigenvalue weighted by Crippen LogP contribution is 2.35. The molecule has 122 valence electrons. The third-order valence-corrected chi connectivity index (χ3v) is 3.23. The normalized spacial score (nSPS) is 22.8. The molecule has 1 aliphatic heterocycles. The van der Waals surface area contributed by atoms with Gasteiger partial charge in [-0.25, -0.2) is 13.6 Å². The van der Waals surface area contributed by atoms with E-state index in [1.807, 2.05) is 0 Å². The van der Waals surface area contributed by atoms with Crippen LogP contribution in [0.2, 0.25) is 0 Å². The first-order chi connectivity index (χ1) is 9.45. The molecule has 0 saturated carbocycles. The number of halogens is 2. The molecule has 1 aliphatic rings. The van der Waals surface area contributed by atoms with Gasteiger partial charge < -0.3 is 9.47 Å². The third kappa shape index (κ3) is 5.13. The van der Waals surface area contributed by atoms with Crippen LogP contribution < -0.4 is 0 Å². The fraction of sp³-hybridized carbons (Fsp3) is 0.857. The van der Waals surface area contributed by atoms with Crippen molar-refractivity contribution in [3.8, 4) is 0 Å². The van der Waals surface area contributed by atoms with Gasteiger partial charge in [0.15, 0.2) is 0 Å². The van der Waals surface area contributed by atoms with Crippen LogP contribution in [0.15, 0.2) is 0 Å². The van der Waals surface area contributed by atoms with E-state index >= 15 is 0 Å². The monoisotopic (exact) mass is 307 g/mol. The zero-order chi connectivity index (χ0) is 16.4. The topological polar surface area (TPSA) is 55.8 Å². The van der Waals surface area contributed by atoms with E-state index in [1.165, 1.54) is 7.11 Å². The Bertz CT molecular complexity index is 406. The van der Waals surface area contributed by atoms with E-state index in [4.69, 9.17) is 4.74 Å². The minimum atomic E-state index is -2.96. The lowest BCUT2D eigenvalue weighted by molar-refractivity contribution is -0.145. The van der Waals surface area contributed by atoms with Gasteiger partial charge in [0.2, 0.25) is 0 Å². The molecule has 1 heterocycles. The number of methoxy groups -OCH3 is 1. The Balaban J connectivity index is 2.79. The van der Waals surface area contributed by atoms with Gasteiger partial charge in [-0.1, -0.05) is 6.92 Å². The first kappa shape index (κ1) is 17.7. The number of carbonyl (C=O) groups is 2. The summed E-state index contributed by atoms with van der Waals surface area (Å²) in [5.41, 5.74) is -0.756. The average molecular weight is 307 g/mol. The second-order valence-electron chi connectivity index (χ2n) is 6.48. The predicted molar refractivity (Wildman–Crippen MR) is 72.1 cm³/mol. The molecule has 1 amide bonds. The van der Waals surface area contributed by atoms with Crippen LogP contribution in [-0.2, 0) is 14.3 Å². The second kappa shape index (κ2) is 6.15. The summed E-state index contributed by atoms with van der Waals surface area (Å²) in [6.45, 7) is 5.93. The molecule has 0 aromatic rings. The number of amides is 1. The molecule has 1 rings (SSSR count). The van der Waals surface area contributed by atoms with Crippen molar-refractivity contribution in [2.45, 2.75) is 58.1 Å². The molecule has 2 atom stereocenters. The van der Waals surface area contributed by atoms with E-state index in [0.29, 0.717) is 0 Å². The maximum Gasteiger partial charge on any atom is 0.410 e. The number of rotatable bonds is 3. The van der Waals surface area contributed by atoms with Crippen LogP contribution in [-0.4, -0.2) is 48.2 Å². The van der Waals surface area contributed by atoms with Crippen molar-refractivity contribution >= 4 is 12.1 Å². The molecule has 21 heavy (non-hydrogen) atoms. The van der Waals surface area contributed by atoms with Crippen LogP contribution in [0.1, 0.15) is 40.5 Å². The summed E-state index contributed by atoms with van der Waals surface area (Å²) in [6, 6.07) is -0.732. The summed E-state index contributed by atoms with van der Waals surface area (Å²) in [7, 11) is 1.24. The van der Waals surface area contributed by atoms with Crippen LogP contribution in [0.5, 0.6) is 0 Å². The highest BCUT2D eigenvalue weighted by atomic mass is 19.3. The van der Waals surface area contributed by atoms with Gasteiger partial charge in [-0.15, -0.1) is 0 Å². The molecule has 5 nitrogen and oxygen atoms in total. The van der Waals surface area contributed by atoms with Crippen molar-refractivity contribution in [3.05, 3.63) is 0 Å². The SMILES string of the molecule is COC(=O)C(C)CC1CC(F)(F)CN1C(=O)OC(C)(C)C.